The lowest BCUT2D eigenvalue weighted by Gasteiger charge is -2.28. The molecule has 14 heavy (non-hydrogen) atoms. The summed E-state index contributed by atoms with van der Waals surface area (Å²) in [6, 6.07) is 2.12. The third kappa shape index (κ3) is 2.71. The van der Waals surface area contributed by atoms with Crippen LogP contribution in [0.2, 0.25) is 0 Å². The fourth-order valence-corrected chi connectivity index (χ4v) is 1.95. The third-order valence-electron chi connectivity index (χ3n) is 2.81. The van der Waals surface area contributed by atoms with Crippen LogP contribution in [0.4, 0.5) is 0 Å². The number of nitriles is 1. The predicted octanol–water partition coefficient (Wildman–Crippen LogP) is 1.94. The summed E-state index contributed by atoms with van der Waals surface area (Å²) in [6.07, 6.45) is 4.11. The van der Waals surface area contributed by atoms with Gasteiger partial charge in [-0.25, -0.2) is 0 Å². The van der Waals surface area contributed by atoms with E-state index in [1.165, 1.54) is 0 Å². The van der Waals surface area contributed by atoms with E-state index in [2.05, 4.69) is 11.2 Å². The molecule has 1 aliphatic carbocycles. The zero-order valence-corrected chi connectivity index (χ0v) is 8.44. The third-order valence-corrected chi connectivity index (χ3v) is 2.81. The van der Waals surface area contributed by atoms with Crippen LogP contribution in [0, 0.1) is 17.2 Å². The first-order chi connectivity index (χ1) is 6.81. The highest BCUT2D eigenvalue weighted by atomic mass is 16.5. The number of oxime groups is 1. The summed E-state index contributed by atoms with van der Waals surface area (Å²) in [6.45, 7) is 0. The standard InChI is InChI=1S/C10H16N2O2/c1-14-9-4-5-10(12-13)8(7-9)3-2-6-11/h8-9,13H,2-5,7H2,1H3/b12-10+. The molecule has 0 aliphatic heterocycles. The molecule has 1 fully saturated rings. The zero-order valence-electron chi connectivity index (χ0n) is 8.44. The summed E-state index contributed by atoms with van der Waals surface area (Å²) < 4.78 is 5.27. The van der Waals surface area contributed by atoms with Crippen molar-refractivity contribution >= 4 is 5.71 Å². The first-order valence-electron chi connectivity index (χ1n) is 4.92. The lowest BCUT2D eigenvalue weighted by Crippen LogP contribution is -2.29. The summed E-state index contributed by atoms with van der Waals surface area (Å²) in [7, 11) is 1.70. The average molecular weight is 196 g/mol. The van der Waals surface area contributed by atoms with Gasteiger partial charge in [0.25, 0.3) is 0 Å². The monoisotopic (exact) mass is 196 g/mol. The lowest BCUT2D eigenvalue weighted by molar-refractivity contribution is 0.0727. The molecular formula is C10H16N2O2. The van der Waals surface area contributed by atoms with Crippen molar-refractivity contribution in [1.29, 1.82) is 5.26 Å². The topological polar surface area (TPSA) is 65.6 Å². The Morgan fingerprint density at radius 2 is 2.50 bits per heavy atom. The van der Waals surface area contributed by atoms with Crippen LogP contribution in [0.3, 0.4) is 0 Å². The summed E-state index contributed by atoms with van der Waals surface area (Å²) in [5.41, 5.74) is 0.827. The van der Waals surface area contributed by atoms with Crippen LogP contribution in [0.15, 0.2) is 5.16 Å². The fourth-order valence-electron chi connectivity index (χ4n) is 1.95. The van der Waals surface area contributed by atoms with E-state index < -0.39 is 0 Å². The van der Waals surface area contributed by atoms with E-state index in [0.717, 1.165) is 31.4 Å². The molecule has 0 heterocycles. The SMILES string of the molecule is COC1CC/C(=N\O)C(CCC#N)C1. The second kappa shape index (κ2) is 5.61. The van der Waals surface area contributed by atoms with E-state index in [4.69, 9.17) is 15.2 Å². The van der Waals surface area contributed by atoms with Gasteiger partial charge in [-0.1, -0.05) is 5.16 Å². The predicted molar refractivity (Wildman–Crippen MR) is 52.2 cm³/mol. The second-order valence-corrected chi connectivity index (χ2v) is 3.62. The van der Waals surface area contributed by atoms with Gasteiger partial charge < -0.3 is 9.94 Å². The second-order valence-electron chi connectivity index (χ2n) is 3.62. The van der Waals surface area contributed by atoms with E-state index >= 15 is 0 Å². The number of rotatable bonds is 3. The van der Waals surface area contributed by atoms with Crippen LogP contribution in [0.25, 0.3) is 0 Å². The molecule has 2 atom stereocenters. The van der Waals surface area contributed by atoms with Crippen molar-refractivity contribution in [3.05, 3.63) is 0 Å². The van der Waals surface area contributed by atoms with Gasteiger partial charge in [-0.05, 0) is 25.7 Å². The Hall–Kier alpha value is -1.08. The van der Waals surface area contributed by atoms with Crippen molar-refractivity contribution in [2.45, 2.75) is 38.2 Å². The minimum atomic E-state index is 0.221. The number of methoxy groups -OCH3 is 1. The highest BCUT2D eigenvalue weighted by Crippen LogP contribution is 2.27. The highest BCUT2D eigenvalue weighted by molar-refractivity contribution is 5.87. The number of hydrogen-bond acceptors (Lipinski definition) is 4. The summed E-state index contributed by atoms with van der Waals surface area (Å²) in [4.78, 5) is 0. The Balaban J connectivity index is 2.52. The van der Waals surface area contributed by atoms with Crippen molar-refractivity contribution in [3.8, 4) is 6.07 Å². The maximum Gasteiger partial charge on any atom is 0.0621 e. The van der Waals surface area contributed by atoms with Gasteiger partial charge in [-0.2, -0.15) is 5.26 Å². The van der Waals surface area contributed by atoms with Crippen molar-refractivity contribution in [2.24, 2.45) is 11.1 Å². The summed E-state index contributed by atoms with van der Waals surface area (Å²) >= 11 is 0. The largest absolute Gasteiger partial charge is 0.411 e. The molecule has 1 N–H and O–H groups in total. The van der Waals surface area contributed by atoms with E-state index in [9.17, 15) is 0 Å². The van der Waals surface area contributed by atoms with Crippen LogP contribution in [-0.2, 0) is 4.74 Å². The molecule has 0 radical (unpaired) electrons. The van der Waals surface area contributed by atoms with Crippen molar-refractivity contribution < 1.29 is 9.94 Å². The molecule has 1 aliphatic rings. The van der Waals surface area contributed by atoms with Gasteiger partial charge in [-0.3, -0.25) is 0 Å². The van der Waals surface area contributed by atoms with E-state index in [1.54, 1.807) is 7.11 Å². The summed E-state index contributed by atoms with van der Waals surface area (Å²) in [5, 5.41) is 20.6. The van der Waals surface area contributed by atoms with Crippen molar-refractivity contribution in [1.82, 2.24) is 0 Å². The van der Waals surface area contributed by atoms with Gasteiger partial charge in [-0.15, -0.1) is 0 Å². The molecule has 0 saturated heterocycles. The molecule has 0 amide bonds. The molecular weight excluding hydrogens is 180 g/mol. The minimum Gasteiger partial charge on any atom is -0.411 e. The van der Waals surface area contributed by atoms with Gasteiger partial charge in [0.2, 0.25) is 0 Å². The van der Waals surface area contributed by atoms with Gasteiger partial charge in [0, 0.05) is 19.4 Å². The van der Waals surface area contributed by atoms with Crippen LogP contribution >= 0.6 is 0 Å². The molecule has 1 rings (SSSR count). The highest BCUT2D eigenvalue weighted by Gasteiger charge is 2.27. The molecule has 4 nitrogen and oxygen atoms in total. The maximum absolute atomic E-state index is 8.78. The molecule has 0 aromatic rings. The lowest BCUT2D eigenvalue weighted by atomic mass is 9.82. The van der Waals surface area contributed by atoms with Gasteiger partial charge >= 0.3 is 0 Å². The first kappa shape index (κ1) is 11.0. The molecule has 2 unspecified atom stereocenters. The molecule has 78 valence electrons. The molecule has 4 heteroatoms. The Labute approximate surface area is 84.2 Å². The Bertz CT molecular complexity index is 245. The Kier molecular flexibility index (Phi) is 4.41. The molecule has 0 spiro atoms. The van der Waals surface area contributed by atoms with Crippen molar-refractivity contribution in [3.63, 3.8) is 0 Å². The number of nitrogens with zero attached hydrogens (tertiary/aromatic N) is 2. The Morgan fingerprint density at radius 1 is 1.71 bits per heavy atom. The molecule has 0 aromatic carbocycles. The number of ether oxygens (including phenoxy) is 1. The van der Waals surface area contributed by atoms with E-state index in [0.29, 0.717) is 6.42 Å². The summed E-state index contributed by atoms with van der Waals surface area (Å²) in [5.74, 6) is 0.221. The fraction of sp³-hybridized carbons (Fsp3) is 0.800. The van der Waals surface area contributed by atoms with E-state index in [-0.39, 0.29) is 12.0 Å². The van der Waals surface area contributed by atoms with Crippen molar-refractivity contribution in [2.75, 3.05) is 7.11 Å². The van der Waals surface area contributed by atoms with Crippen LogP contribution < -0.4 is 0 Å². The first-order valence-corrected chi connectivity index (χ1v) is 4.92. The molecule has 0 bridgehead atoms. The van der Waals surface area contributed by atoms with Crippen LogP contribution in [-0.4, -0.2) is 24.1 Å². The maximum atomic E-state index is 8.78. The number of hydrogen-bond donors (Lipinski definition) is 1. The average Bonchev–Trinajstić information content (AvgIpc) is 2.25. The quantitative estimate of drug-likeness (QED) is 0.554. The molecule has 1 saturated carbocycles. The van der Waals surface area contributed by atoms with Crippen LogP contribution in [0.1, 0.15) is 32.1 Å². The van der Waals surface area contributed by atoms with Crippen LogP contribution in [0.5, 0.6) is 0 Å². The normalized spacial score (nSPS) is 30.1. The zero-order chi connectivity index (χ0) is 10.4. The minimum absolute atomic E-state index is 0.221. The van der Waals surface area contributed by atoms with Gasteiger partial charge in [0.1, 0.15) is 0 Å². The van der Waals surface area contributed by atoms with E-state index in [1.807, 2.05) is 0 Å². The molecule has 0 aromatic heterocycles. The smallest absolute Gasteiger partial charge is 0.0621 e. The van der Waals surface area contributed by atoms with Gasteiger partial charge in [0.15, 0.2) is 0 Å². The van der Waals surface area contributed by atoms with Gasteiger partial charge in [0.05, 0.1) is 17.9 Å². The Morgan fingerprint density at radius 3 is 3.07 bits per heavy atom.